The van der Waals surface area contributed by atoms with E-state index in [0.717, 1.165) is 48.8 Å². The van der Waals surface area contributed by atoms with Crippen LogP contribution < -0.4 is 20.1 Å². The first kappa shape index (κ1) is 16.7. The van der Waals surface area contributed by atoms with Gasteiger partial charge in [0.2, 0.25) is 12.7 Å². The average molecular weight is 357 g/mol. The van der Waals surface area contributed by atoms with Crippen molar-refractivity contribution in [3.8, 4) is 11.5 Å². The van der Waals surface area contributed by atoms with E-state index in [2.05, 4.69) is 20.6 Å². The van der Waals surface area contributed by atoms with Crippen LogP contribution in [-0.2, 0) is 11.8 Å². The van der Waals surface area contributed by atoms with Gasteiger partial charge in [-0.2, -0.15) is 5.10 Å². The molecule has 26 heavy (non-hydrogen) atoms. The zero-order valence-electron chi connectivity index (χ0n) is 14.8. The first-order valence-corrected chi connectivity index (χ1v) is 8.83. The summed E-state index contributed by atoms with van der Waals surface area (Å²) in [5, 5.41) is 10.5. The highest BCUT2D eigenvalue weighted by atomic mass is 16.7. The molecule has 0 spiro atoms. The number of rotatable bonds is 5. The summed E-state index contributed by atoms with van der Waals surface area (Å²) in [6.07, 6.45) is 5.58. The van der Waals surface area contributed by atoms with Crippen molar-refractivity contribution in [3.63, 3.8) is 0 Å². The molecular weight excluding hydrogens is 334 g/mol. The quantitative estimate of drug-likeness (QED) is 0.847. The lowest BCUT2D eigenvalue weighted by atomic mass is 10.1. The fourth-order valence-electron chi connectivity index (χ4n) is 3.43. The SMILES string of the molecule is Cn1cc(NC(=O)CN2CCCC(Nc3ccc4c(c3)OCO4)C2)cn1. The number of ether oxygens (including phenoxy) is 2. The Morgan fingerprint density at radius 3 is 3.04 bits per heavy atom. The Morgan fingerprint density at radius 2 is 2.19 bits per heavy atom. The summed E-state index contributed by atoms with van der Waals surface area (Å²) in [6, 6.07) is 6.19. The maximum atomic E-state index is 12.2. The predicted octanol–water partition coefficient (Wildman–Crippen LogP) is 1.66. The highest BCUT2D eigenvalue weighted by Gasteiger charge is 2.22. The van der Waals surface area contributed by atoms with Crippen molar-refractivity contribution in [2.75, 3.05) is 37.1 Å². The Kier molecular flexibility index (Phi) is 4.66. The Morgan fingerprint density at radius 1 is 1.31 bits per heavy atom. The van der Waals surface area contributed by atoms with Gasteiger partial charge >= 0.3 is 0 Å². The molecule has 1 amide bonds. The number of hydrogen-bond acceptors (Lipinski definition) is 6. The normalized spacial score (nSPS) is 19.3. The minimum atomic E-state index is -0.0123. The molecule has 2 aromatic rings. The molecule has 1 aromatic heterocycles. The Bertz CT molecular complexity index is 791. The number of carbonyl (C=O) groups is 1. The molecule has 138 valence electrons. The first-order valence-electron chi connectivity index (χ1n) is 8.83. The van der Waals surface area contributed by atoms with Crippen LogP contribution in [0.4, 0.5) is 11.4 Å². The molecule has 1 aromatic carbocycles. The Labute approximate surface area is 152 Å². The highest BCUT2D eigenvalue weighted by Crippen LogP contribution is 2.34. The van der Waals surface area contributed by atoms with Crippen molar-refractivity contribution >= 4 is 17.3 Å². The first-order chi connectivity index (χ1) is 12.7. The van der Waals surface area contributed by atoms with Crippen LogP contribution in [0.5, 0.6) is 11.5 Å². The zero-order valence-corrected chi connectivity index (χ0v) is 14.8. The molecule has 1 fully saturated rings. The number of nitrogens with one attached hydrogen (secondary N) is 2. The number of anilines is 2. The van der Waals surface area contributed by atoms with Crippen LogP contribution in [0.25, 0.3) is 0 Å². The Hall–Kier alpha value is -2.74. The van der Waals surface area contributed by atoms with Gasteiger partial charge in [0.05, 0.1) is 18.4 Å². The summed E-state index contributed by atoms with van der Waals surface area (Å²) in [4.78, 5) is 14.4. The lowest BCUT2D eigenvalue weighted by Gasteiger charge is -2.33. The van der Waals surface area contributed by atoms with Crippen LogP contribution in [0.2, 0.25) is 0 Å². The van der Waals surface area contributed by atoms with Gasteiger partial charge in [0.1, 0.15) is 0 Å². The number of carbonyl (C=O) groups excluding carboxylic acids is 1. The molecule has 0 bridgehead atoms. The van der Waals surface area contributed by atoms with Crippen molar-refractivity contribution in [2.24, 2.45) is 7.05 Å². The molecule has 1 atom stereocenters. The highest BCUT2D eigenvalue weighted by molar-refractivity contribution is 5.91. The topological polar surface area (TPSA) is 80.7 Å². The number of fused-ring (bicyclic) bond motifs is 1. The van der Waals surface area contributed by atoms with Crippen molar-refractivity contribution in [3.05, 3.63) is 30.6 Å². The minimum Gasteiger partial charge on any atom is -0.454 e. The summed E-state index contributed by atoms with van der Waals surface area (Å²) < 4.78 is 12.4. The molecule has 1 unspecified atom stereocenters. The summed E-state index contributed by atoms with van der Waals surface area (Å²) in [7, 11) is 1.83. The minimum absolute atomic E-state index is 0.0123. The number of piperidine rings is 1. The molecule has 8 nitrogen and oxygen atoms in total. The third-order valence-electron chi connectivity index (χ3n) is 4.60. The molecule has 0 saturated carbocycles. The van der Waals surface area contributed by atoms with Crippen molar-refractivity contribution in [2.45, 2.75) is 18.9 Å². The van der Waals surface area contributed by atoms with Gasteiger partial charge in [0.25, 0.3) is 0 Å². The maximum Gasteiger partial charge on any atom is 0.238 e. The third-order valence-corrected chi connectivity index (χ3v) is 4.60. The lowest BCUT2D eigenvalue weighted by molar-refractivity contribution is -0.117. The van der Waals surface area contributed by atoms with E-state index in [1.165, 1.54) is 0 Å². The average Bonchev–Trinajstić information content (AvgIpc) is 3.23. The number of likely N-dealkylation sites (tertiary alicyclic amines) is 1. The van der Waals surface area contributed by atoms with Gasteiger partial charge in [-0.3, -0.25) is 14.4 Å². The Balaban J connectivity index is 1.30. The van der Waals surface area contributed by atoms with E-state index in [-0.39, 0.29) is 12.7 Å². The largest absolute Gasteiger partial charge is 0.454 e. The van der Waals surface area contributed by atoms with Crippen LogP contribution in [-0.4, -0.2) is 53.1 Å². The van der Waals surface area contributed by atoms with E-state index in [1.807, 2.05) is 25.2 Å². The fourth-order valence-corrected chi connectivity index (χ4v) is 3.43. The third kappa shape index (κ3) is 3.91. The van der Waals surface area contributed by atoms with Gasteiger partial charge in [-0.1, -0.05) is 0 Å². The van der Waals surface area contributed by atoms with E-state index in [1.54, 1.807) is 17.1 Å². The number of benzene rings is 1. The fraction of sp³-hybridized carbons (Fsp3) is 0.444. The smallest absolute Gasteiger partial charge is 0.238 e. The molecule has 4 rings (SSSR count). The molecular formula is C18H23N5O3. The number of aryl methyl sites for hydroxylation is 1. The van der Waals surface area contributed by atoms with Gasteiger partial charge in [0.15, 0.2) is 11.5 Å². The molecule has 0 radical (unpaired) electrons. The number of aromatic nitrogens is 2. The maximum absolute atomic E-state index is 12.2. The summed E-state index contributed by atoms with van der Waals surface area (Å²) in [5.41, 5.74) is 1.74. The lowest BCUT2D eigenvalue weighted by Crippen LogP contribution is -2.45. The summed E-state index contributed by atoms with van der Waals surface area (Å²) in [5.74, 6) is 1.55. The van der Waals surface area contributed by atoms with Gasteiger partial charge < -0.3 is 20.1 Å². The van der Waals surface area contributed by atoms with E-state index < -0.39 is 0 Å². The van der Waals surface area contributed by atoms with Gasteiger partial charge in [-0.15, -0.1) is 0 Å². The monoisotopic (exact) mass is 357 g/mol. The summed E-state index contributed by atoms with van der Waals surface area (Å²) >= 11 is 0. The van der Waals surface area contributed by atoms with Crippen molar-refractivity contribution in [1.82, 2.24) is 14.7 Å². The number of nitrogens with zero attached hydrogens (tertiary/aromatic N) is 3. The molecule has 8 heteroatoms. The molecule has 2 aliphatic heterocycles. The van der Waals surface area contributed by atoms with Crippen LogP contribution in [0.3, 0.4) is 0 Å². The van der Waals surface area contributed by atoms with Gasteiger partial charge in [-0.05, 0) is 31.5 Å². The summed E-state index contributed by atoms with van der Waals surface area (Å²) in [6.45, 7) is 2.42. The second kappa shape index (κ2) is 7.25. The van der Waals surface area contributed by atoms with E-state index in [4.69, 9.17) is 9.47 Å². The molecule has 3 heterocycles. The van der Waals surface area contributed by atoms with E-state index in [9.17, 15) is 4.79 Å². The van der Waals surface area contributed by atoms with E-state index >= 15 is 0 Å². The number of amides is 1. The number of hydrogen-bond donors (Lipinski definition) is 2. The molecule has 2 aliphatic rings. The second-order valence-electron chi connectivity index (χ2n) is 6.74. The van der Waals surface area contributed by atoms with Crippen LogP contribution in [0, 0.1) is 0 Å². The van der Waals surface area contributed by atoms with E-state index in [0.29, 0.717) is 12.6 Å². The van der Waals surface area contributed by atoms with Crippen LogP contribution in [0.1, 0.15) is 12.8 Å². The predicted molar refractivity (Wildman–Crippen MR) is 97.5 cm³/mol. The van der Waals surface area contributed by atoms with Crippen LogP contribution in [0.15, 0.2) is 30.6 Å². The molecule has 1 saturated heterocycles. The van der Waals surface area contributed by atoms with Crippen molar-refractivity contribution in [1.29, 1.82) is 0 Å². The van der Waals surface area contributed by atoms with Crippen LogP contribution >= 0.6 is 0 Å². The van der Waals surface area contributed by atoms with Crippen molar-refractivity contribution < 1.29 is 14.3 Å². The standard InChI is InChI=1S/C18H23N5O3/c1-22-9-15(8-19-22)21-18(24)11-23-6-2-3-14(10-23)20-13-4-5-16-17(7-13)26-12-25-16/h4-5,7-9,14,20H,2-3,6,10-12H2,1H3,(H,21,24). The van der Waals surface area contributed by atoms with Gasteiger partial charge in [-0.25, -0.2) is 0 Å². The molecule has 0 aliphatic carbocycles. The second-order valence-corrected chi connectivity index (χ2v) is 6.74. The zero-order chi connectivity index (χ0) is 17.9. The molecule has 2 N–H and O–H groups in total. The van der Waals surface area contributed by atoms with Gasteiger partial charge in [0, 0.05) is 37.6 Å².